The van der Waals surface area contributed by atoms with Crippen LogP contribution in [0.2, 0.25) is 0 Å². The predicted molar refractivity (Wildman–Crippen MR) is 72.9 cm³/mol. The molecule has 0 fully saturated rings. The number of hydrogen-bond donors (Lipinski definition) is 1. The Labute approximate surface area is 113 Å². The molecular weight excluding hydrogens is 238 g/mol. The monoisotopic (exact) mass is 257 g/mol. The Hall–Kier alpha value is -1.68. The second-order valence-electron chi connectivity index (χ2n) is 6.09. The first-order chi connectivity index (χ1) is 9.03. The molecule has 4 nitrogen and oxygen atoms in total. The van der Waals surface area contributed by atoms with Gasteiger partial charge < -0.3 is 9.73 Å². The zero-order valence-corrected chi connectivity index (χ0v) is 11.6. The standard InChI is InChI=1S/C15H19N3O/c1-15(2,3)16-9-13-17-18-14(19-13)12-8-10-6-4-5-7-11(10)12/h4-7,12,16H,8-9H2,1-3H3. The summed E-state index contributed by atoms with van der Waals surface area (Å²) >= 11 is 0. The van der Waals surface area contributed by atoms with Gasteiger partial charge in [-0.15, -0.1) is 10.2 Å². The summed E-state index contributed by atoms with van der Waals surface area (Å²) in [7, 11) is 0. The summed E-state index contributed by atoms with van der Waals surface area (Å²) in [5, 5.41) is 11.6. The van der Waals surface area contributed by atoms with Gasteiger partial charge in [0.1, 0.15) is 0 Å². The molecule has 1 aliphatic carbocycles. The van der Waals surface area contributed by atoms with Crippen LogP contribution in [0, 0.1) is 0 Å². The van der Waals surface area contributed by atoms with Gasteiger partial charge in [0.2, 0.25) is 11.8 Å². The number of rotatable bonds is 3. The van der Waals surface area contributed by atoms with Crippen LogP contribution in [0.15, 0.2) is 28.7 Å². The SMILES string of the molecule is CC(C)(C)NCc1nnc(C2Cc3ccccc32)o1. The highest BCUT2D eigenvalue weighted by molar-refractivity contribution is 5.43. The largest absolute Gasteiger partial charge is 0.423 e. The fraction of sp³-hybridized carbons (Fsp3) is 0.467. The van der Waals surface area contributed by atoms with Crippen LogP contribution in [0.1, 0.15) is 49.6 Å². The molecule has 4 heteroatoms. The lowest BCUT2D eigenvalue weighted by Crippen LogP contribution is -2.35. The number of nitrogens with zero attached hydrogens (tertiary/aromatic N) is 2. The second kappa shape index (κ2) is 4.46. The average Bonchev–Trinajstić information content (AvgIpc) is 2.76. The first-order valence-corrected chi connectivity index (χ1v) is 6.68. The Bertz CT molecular complexity index is 583. The molecule has 1 atom stereocenters. The third-order valence-corrected chi connectivity index (χ3v) is 3.41. The Morgan fingerprint density at radius 2 is 2.05 bits per heavy atom. The molecule has 1 aromatic heterocycles. The van der Waals surface area contributed by atoms with Crippen molar-refractivity contribution < 1.29 is 4.42 Å². The van der Waals surface area contributed by atoms with Crippen molar-refractivity contribution in [1.82, 2.24) is 15.5 Å². The quantitative estimate of drug-likeness (QED) is 0.918. The maximum absolute atomic E-state index is 5.76. The summed E-state index contributed by atoms with van der Waals surface area (Å²) in [6, 6.07) is 8.43. The smallest absolute Gasteiger partial charge is 0.230 e. The van der Waals surface area contributed by atoms with E-state index in [0.717, 1.165) is 12.3 Å². The number of benzene rings is 1. The number of nitrogens with one attached hydrogen (secondary N) is 1. The summed E-state index contributed by atoms with van der Waals surface area (Å²) in [5.74, 6) is 1.69. The van der Waals surface area contributed by atoms with Gasteiger partial charge in [0.15, 0.2) is 0 Å². The van der Waals surface area contributed by atoms with Crippen molar-refractivity contribution in [3.05, 3.63) is 47.2 Å². The Morgan fingerprint density at radius 1 is 1.26 bits per heavy atom. The van der Waals surface area contributed by atoms with E-state index in [2.05, 4.69) is 60.6 Å². The van der Waals surface area contributed by atoms with Crippen molar-refractivity contribution >= 4 is 0 Å². The van der Waals surface area contributed by atoms with Crippen LogP contribution < -0.4 is 5.32 Å². The van der Waals surface area contributed by atoms with Gasteiger partial charge in [-0.25, -0.2) is 0 Å². The maximum Gasteiger partial charge on any atom is 0.230 e. The number of aromatic nitrogens is 2. The lowest BCUT2D eigenvalue weighted by molar-refractivity contribution is 0.362. The third-order valence-electron chi connectivity index (χ3n) is 3.41. The number of hydrogen-bond acceptors (Lipinski definition) is 4. The highest BCUT2D eigenvalue weighted by Gasteiger charge is 2.31. The van der Waals surface area contributed by atoms with Gasteiger partial charge in [-0.2, -0.15) is 0 Å². The van der Waals surface area contributed by atoms with Crippen LogP contribution in [0.25, 0.3) is 0 Å². The summed E-state index contributed by atoms with van der Waals surface area (Å²) in [4.78, 5) is 0. The minimum Gasteiger partial charge on any atom is -0.423 e. The van der Waals surface area contributed by atoms with Crippen LogP contribution in [0.3, 0.4) is 0 Å². The van der Waals surface area contributed by atoms with E-state index in [0.29, 0.717) is 12.4 Å². The molecule has 0 saturated heterocycles. The first-order valence-electron chi connectivity index (χ1n) is 6.68. The Kier molecular flexibility index (Phi) is 2.90. The van der Waals surface area contributed by atoms with Crippen LogP contribution in [0.4, 0.5) is 0 Å². The van der Waals surface area contributed by atoms with E-state index >= 15 is 0 Å². The van der Waals surface area contributed by atoms with Crippen LogP contribution >= 0.6 is 0 Å². The predicted octanol–water partition coefficient (Wildman–Crippen LogP) is 2.65. The molecule has 1 unspecified atom stereocenters. The molecule has 3 rings (SSSR count). The van der Waals surface area contributed by atoms with E-state index in [9.17, 15) is 0 Å². The highest BCUT2D eigenvalue weighted by Crippen LogP contribution is 2.39. The molecule has 0 bridgehead atoms. The zero-order chi connectivity index (χ0) is 13.5. The first kappa shape index (κ1) is 12.4. The highest BCUT2D eigenvalue weighted by atomic mass is 16.4. The molecule has 0 amide bonds. The van der Waals surface area contributed by atoms with E-state index in [1.807, 2.05) is 0 Å². The molecule has 100 valence electrons. The fourth-order valence-electron chi connectivity index (χ4n) is 2.30. The molecule has 0 aliphatic heterocycles. The average molecular weight is 257 g/mol. The summed E-state index contributed by atoms with van der Waals surface area (Å²) in [6.45, 7) is 6.97. The minimum atomic E-state index is 0.0533. The normalized spacial score (nSPS) is 17.9. The molecular formula is C15H19N3O. The van der Waals surface area contributed by atoms with Gasteiger partial charge in [-0.1, -0.05) is 24.3 Å². The Balaban J connectivity index is 1.70. The van der Waals surface area contributed by atoms with Crippen molar-refractivity contribution in [3.8, 4) is 0 Å². The molecule has 0 saturated carbocycles. The van der Waals surface area contributed by atoms with Crippen LogP contribution in [-0.4, -0.2) is 15.7 Å². The lowest BCUT2D eigenvalue weighted by atomic mass is 9.77. The van der Waals surface area contributed by atoms with E-state index in [1.165, 1.54) is 11.1 Å². The van der Waals surface area contributed by atoms with Gasteiger partial charge in [0.05, 0.1) is 12.5 Å². The van der Waals surface area contributed by atoms with Crippen molar-refractivity contribution in [2.45, 2.75) is 45.2 Å². The van der Waals surface area contributed by atoms with Crippen molar-refractivity contribution in [2.75, 3.05) is 0 Å². The van der Waals surface area contributed by atoms with E-state index < -0.39 is 0 Å². The van der Waals surface area contributed by atoms with Crippen molar-refractivity contribution in [3.63, 3.8) is 0 Å². The van der Waals surface area contributed by atoms with Crippen LogP contribution in [-0.2, 0) is 13.0 Å². The minimum absolute atomic E-state index is 0.0533. The summed E-state index contributed by atoms with van der Waals surface area (Å²) in [5.41, 5.74) is 2.76. The van der Waals surface area contributed by atoms with Crippen LogP contribution in [0.5, 0.6) is 0 Å². The fourth-order valence-corrected chi connectivity index (χ4v) is 2.30. The third kappa shape index (κ3) is 2.54. The Morgan fingerprint density at radius 3 is 2.79 bits per heavy atom. The van der Waals surface area contributed by atoms with Gasteiger partial charge in [0.25, 0.3) is 0 Å². The van der Waals surface area contributed by atoms with Gasteiger partial charge in [-0.3, -0.25) is 0 Å². The van der Waals surface area contributed by atoms with E-state index in [1.54, 1.807) is 0 Å². The molecule has 19 heavy (non-hydrogen) atoms. The summed E-state index contributed by atoms with van der Waals surface area (Å²) in [6.07, 6.45) is 1.00. The lowest BCUT2D eigenvalue weighted by Gasteiger charge is -2.26. The van der Waals surface area contributed by atoms with Crippen molar-refractivity contribution in [1.29, 1.82) is 0 Å². The second-order valence-corrected chi connectivity index (χ2v) is 6.09. The van der Waals surface area contributed by atoms with Gasteiger partial charge in [-0.05, 0) is 38.3 Å². The topological polar surface area (TPSA) is 51.0 Å². The van der Waals surface area contributed by atoms with Gasteiger partial charge in [0, 0.05) is 5.54 Å². The molecule has 1 aromatic carbocycles. The molecule has 1 aliphatic rings. The molecule has 2 aromatic rings. The molecule has 1 heterocycles. The summed E-state index contributed by atoms with van der Waals surface area (Å²) < 4.78 is 5.76. The zero-order valence-electron chi connectivity index (χ0n) is 11.6. The molecule has 0 spiro atoms. The molecule has 1 N–H and O–H groups in total. The van der Waals surface area contributed by atoms with Gasteiger partial charge >= 0.3 is 0 Å². The van der Waals surface area contributed by atoms with E-state index in [4.69, 9.17) is 4.42 Å². The van der Waals surface area contributed by atoms with E-state index in [-0.39, 0.29) is 11.5 Å². The molecule has 0 radical (unpaired) electrons. The number of fused-ring (bicyclic) bond motifs is 1. The van der Waals surface area contributed by atoms with Crippen molar-refractivity contribution in [2.24, 2.45) is 0 Å². The maximum atomic E-state index is 5.76.